The van der Waals surface area contributed by atoms with Crippen molar-refractivity contribution in [3.8, 4) is 0 Å². The molecule has 0 aliphatic carbocycles. The monoisotopic (exact) mass is 207 g/mol. The Hall–Kier alpha value is -1.39. The van der Waals surface area contributed by atoms with E-state index in [-0.39, 0.29) is 0 Å². The summed E-state index contributed by atoms with van der Waals surface area (Å²) in [6, 6.07) is 5.04. The van der Waals surface area contributed by atoms with Gasteiger partial charge in [0.25, 0.3) is 0 Å². The van der Waals surface area contributed by atoms with E-state index in [2.05, 4.69) is 0 Å². The predicted octanol–water partition coefficient (Wildman–Crippen LogP) is 0.671. The third-order valence-corrected chi connectivity index (χ3v) is 2.56. The second kappa shape index (κ2) is 4.00. The summed E-state index contributed by atoms with van der Waals surface area (Å²) in [5.41, 5.74) is 8.74. The number of carboxylic acids is 1. The van der Waals surface area contributed by atoms with Crippen molar-refractivity contribution in [1.29, 1.82) is 0 Å². The van der Waals surface area contributed by atoms with Gasteiger partial charge >= 0.3 is 5.97 Å². The molecule has 15 heavy (non-hydrogen) atoms. The Balaban J connectivity index is 2.13. The van der Waals surface area contributed by atoms with Crippen molar-refractivity contribution in [3.63, 3.8) is 0 Å². The highest BCUT2D eigenvalue weighted by Crippen LogP contribution is 2.21. The first kappa shape index (κ1) is 10.1. The molecule has 80 valence electrons. The second-order valence-corrected chi connectivity index (χ2v) is 3.74. The van der Waals surface area contributed by atoms with Gasteiger partial charge < -0.3 is 15.6 Å². The smallest absolute Gasteiger partial charge is 0.320 e. The van der Waals surface area contributed by atoms with Gasteiger partial charge in [-0.15, -0.1) is 0 Å². The number of benzene rings is 1. The second-order valence-electron chi connectivity index (χ2n) is 3.74. The molecule has 4 nitrogen and oxygen atoms in total. The predicted molar refractivity (Wildman–Crippen MR) is 54.3 cm³/mol. The van der Waals surface area contributed by atoms with E-state index in [1.807, 2.05) is 18.2 Å². The minimum Gasteiger partial charge on any atom is -0.480 e. The Kier molecular flexibility index (Phi) is 2.70. The number of fused-ring (bicyclic) bond motifs is 1. The normalized spacial score (nSPS) is 16.1. The van der Waals surface area contributed by atoms with Gasteiger partial charge in [-0.25, -0.2) is 0 Å². The van der Waals surface area contributed by atoms with Crippen molar-refractivity contribution in [2.75, 3.05) is 0 Å². The summed E-state index contributed by atoms with van der Waals surface area (Å²) in [5.74, 6) is -0.966. The molecule has 1 aliphatic heterocycles. The fourth-order valence-electron chi connectivity index (χ4n) is 1.69. The Labute approximate surface area is 87.7 Å². The van der Waals surface area contributed by atoms with Crippen molar-refractivity contribution >= 4 is 5.97 Å². The van der Waals surface area contributed by atoms with Gasteiger partial charge in [0, 0.05) is 0 Å². The maximum absolute atomic E-state index is 10.6. The first-order valence-electron chi connectivity index (χ1n) is 4.83. The van der Waals surface area contributed by atoms with Crippen molar-refractivity contribution in [2.45, 2.75) is 25.7 Å². The molecule has 1 aromatic carbocycles. The molecule has 3 N–H and O–H groups in total. The molecule has 0 aromatic heterocycles. The van der Waals surface area contributed by atoms with Crippen LogP contribution in [0.1, 0.15) is 16.7 Å². The average Bonchev–Trinajstić information content (AvgIpc) is 2.64. The zero-order chi connectivity index (χ0) is 10.8. The third-order valence-electron chi connectivity index (χ3n) is 2.56. The van der Waals surface area contributed by atoms with Gasteiger partial charge in [0.15, 0.2) is 0 Å². The van der Waals surface area contributed by atoms with Crippen LogP contribution in [0, 0.1) is 0 Å². The average molecular weight is 207 g/mol. The highest BCUT2D eigenvalue weighted by molar-refractivity contribution is 5.73. The summed E-state index contributed by atoms with van der Waals surface area (Å²) in [6.07, 6.45) is 0.364. The summed E-state index contributed by atoms with van der Waals surface area (Å²) in [6.45, 7) is 1.27. The lowest BCUT2D eigenvalue weighted by Crippen LogP contribution is -2.32. The van der Waals surface area contributed by atoms with Crippen LogP contribution in [0.4, 0.5) is 0 Å². The van der Waals surface area contributed by atoms with Crippen LogP contribution < -0.4 is 5.73 Å². The van der Waals surface area contributed by atoms with Crippen LogP contribution in [0.15, 0.2) is 18.2 Å². The molecular weight excluding hydrogens is 194 g/mol. The van der Waals surface area contributed by atoms with E-state index in [0.717, 1.165) is 11.1 Å². The van der Waals surface area contributed by atoms with Crippen molar-refractivity contribution < 1.29 is 14.6 Å². The van der Waals surface area contributed by atoms with Gasteiger partial charge in [0.05, 0.1) is 13.2 Å². The van der Waals surface area contributed by atoms with Crippen LogP contribution in [0.5, 0.6) is 0 Å². The SMILES string of the molecule is NC(Cc1ccc2c(c1)COC2)C(=O)O. The molecule has 1 unspecified atom stereocenters. The minimum absolute atomic E-state index is 0.364. The lowest BCUT2D eigenvalue weighted by Gasteiger charge is -2.07. The fraction of sp³-hybridized carbons (Fsp3) is 0.364. The van der Waals surface area contributed by atoms with Gasteiger partial charge in [-0.05, 0) is 23.1 Å². The molecule has 0 bridgehead atoms. The van der Waals surface area contributed by atoms with Crippen molar-refractivity contribution in [3.05, 3.63) is 34.9 Å². The van der Waals surface area contributed by atoms with Crippen molar-refractivity contribution in [1.82, 2.24) is 0 Å². The number of rotatable bonds is 3. The minimum atomic E-state index is -0.966. The van der Waals surface area contributed by atoms with Crippen molar-refractivity contribution in [2.24, 2.45) is 5.73 Å². The van der Waals surface area contributed by atoms with Crippen LogP contribution in [-0.2, 0) is 29.2 Å². The highest BCUT2D eigenvalue weighted by Gasteiger charge is 2.15. The van der Waals surface area contributed by atoms with Gasteiger partial charge in [-0.3, -0.25) is 4.79 Å². The number of nitrogens with two attached hydrogens (primary N) is 1. The molecule has 1 heterocycles. The Morgan fingerprint density at radius 1 is 1.47 bits per heavy atom. The lowest BCUT2D eigenvalue weighted by atomic mass is 10.0. The number of aliphatic carboxylic acids is 1. The molecule has 0 amide bonds. The largest absolute Gasteiger partial charge is 0.480 e. The first-order chi connectivity index (χ1) is 7.16. The zero-order valence-corrected chi connectivity index (χ0v) is 8.27. The molecule has 0 spiro atoms. The van der Waals surface area contributed by atoms with Crippen LogP contribution in [0.25, 0.3) is 0 Å². The molecule has 4 heteroatoms. The summed E-state index contributed by atoms with van der Waals surface area (Å²) in [7, 11) is 0. The number of carbonyl (C=O) groups is 1. The van der Waals surface area contributed by atoms with E-state index in [4.69, 9.17) is 15.6 Å². The fourth-order valence-corrected chi connectivity index (χ4v) is 1.69. The number of hydrogen-bond donors (Lipinski definition) is 2. The van der Waals surface area contributed by atoms with Crippen LogP contribution in [0.3, 0.4) is 0 Å². The van der Waals surface area contributed by atoms with Gasteiger partial charge in [-0.2, -0.15) is 0 Å². The van der Waals surface area contributed by atoms with E-state index in [1.165, 1.54) is 5.56 Å². The maximum atomic E-state index is 10.6. The van der Waals surface area contributed by atoms with E-state index in [9.17, 15) is 4.79 Å². The number of hydrogen-bond acceptors (Lipinski definition) is 3. The van der Waals surface area contributed by atoms with Gasteiger partial charge in [-0.1, -0.05) is 18.2 Å². The highest BCUT2D eigenvalue weighted by atomic mass is 16.5. The van der Waals surface area contributed by atoms with Gasteiger partial charge in [0.1, 0.15) is 6.04 Å². The summed E-state index contributed by atoms with van der Waals surface area (Å²) < 4.78 is 5.27. The molecule has 1 atom stereocenters. The maximum Gasteiger partial charge on any atom is 0.320 e. The molecule has 0 radical (unpaired) electrons. The van der Waals surface area contributed by atoms with E-state index < -0.39 is 12.0 Å². The Morgan fingerprint density at radius 2 is 2.20 bits per heavy atom. The van der Waals surface area contributed by atoms with E-state index in [1.54, 1.807) is 0 Å². The number of carboxylic acid groups (broad SMARTS) is 1. The molecule has 0 saturated heterocycles. The van der Waals surface area contributed by atoms with Gasteiger partial charge in [0.2, 0.25) is 0 Å². The summed E-state index contributed by atoms with van der Waals surface area (Å²) >= 11 is 0. The summed E-state index contributed by atoms with van der Waals surface area (Å²) in [4.78, 5) is 10.6. The molecule has 0 saturated carbocycles. The Bertz CT molecular complexity index is 389. The van der Waals surface area contributed by atoms with E-state index >= 15 is 0 Å². The topological polar surface area (TPSA) is 72.5 Å². The summed E-state index contributed by atoms with van der Waals surface area (Å²) in [5, 5.41) is 8.69. The first-order valence-corrected chi connectivity index (χ1v) is 4.83. The third kappa shape index (κ3) is 2.16. The van der Waals surface area contributed by atoms with Crippen LogP contribution in [-0.4, -0.2) is 17.1 Å². The van der Waals surface area contributed by atoms with E-state index in [0.29, 0.717) is 19.6 Å². The number of ether oxygens (including phenoxy) is 1. The lowest BCUT2D eigenvalue weighted by molar-refractivity contribution is -0.138. The molecule has 2 rings (SSSR count). The van der Waals surface area contributed by atoms with Crippen LogP contribution >= 0.6 is 0 Å². The quantitative estimate of drug-likeness (QED) is 0.764. The molecule has 1 aromatic rings. The zero-order valence-electron chi connectivity index (χ0n) is 8.27. The Morgan fingerprint density at radius 3 is 2.93 bits per heavy atom. The molecule has 1 aliphatic rings. The molecule has 0 fully saturated rings. The standard InChI is InChI=1S/C11H13NO3/c12-10(11(13)14)4-7-1-2-8-5-15-6-9(8)3-7/h1-3,10H,4-6,12H2,(H,13,14). The molecular formula is C11H13NO3. The van der Waals surface area contributed by atoms with Crippen LogP contribution in [0.2, 0.25) is 0 Å².